The summed E-state index contributed by atoms with van der Waals surface area (Å²) in [5, 5.41) is 17.8. The molecule has 16 heavy (non-hydrogen) atoms. The van der Waals surface area contributed by atoms with Crippen molar-refractivity contribution in [3.8, 4) is 0 Å². The number of hydrogen-bond donors (Lipinski definition) is 1. The molecule has 6 heteroatoms. The number of imidazole rings is 1. The molecule has 1 N–H and O–H groups in total. The van der Waals surface area contributed by atoms with Gasteiger partial charge in [-0.1, -0.05) is 5.21 Å². The molecule has 1 unspecified atom stereocenters. The van der Waals surface area contributed by atoms with Crippen LogP contribution in [0.5, 0.6) is 0 Å². The Kier molecular flexibility index (Phi) is 2.74. The van der Waals surface area contributed by atoms with E-state index in [1.165, 1.54) is 0 Å². The van der Waals surface area contributed by atoms with Crippen molar-refractivity contribution in [1.82, 2.24) is 24.5 Å². The zero-order valence-corrected chi connectivity index (χ0v) is 9.57. The summed E-state index contributed by atoms with van der Waals surface area (Å²) in [4.78, 5) is 4.06. The van der Waals surface area contributed by atoms with Crippen LogP contribution in [-0.4, -0.2) is 29.7 Å². The van der Waals surface area contributed by atoms with E-state index in [1.54, 1.807) is 30.5 Å². The van der Waals surface area contributed by atoms with Crippen molar-refractivity contribution >= 4 is 0 Å². The summed E-state index contributed by atoms with van der Waals surface area (Å²) in [5.74, 6) is 0. The van der Waals surface area contributed by atoms with Gasteiger partial charge in [-0.2, -0.15) is 0 Å². The smallest absolute Gasteiger partial charge is 0.139 e. The summed E-state index contributed by atoms with van der Waals surface area (Å²) < 4.78 is 3.49. The first-order chi connectivity index (χ1) is 7.61. The molecule has 0 aliphatic carbocycles. The minimum atomic E-state index is -0.745. The first-order valence-corrected chi connectivity index (χ1v) is 5.15. The van der Waals surface area contributed by atoms with E-state index in [0.29, 0.717) is 5.69 Å². The van der Waals surface area contributed by atoms with Gasteiger partial charge in [-0.15, -0.1) is 5.10 Å². The lowest BCUT2D eigenvalue weighted by Crippen LogP contribution is -2.12. The van der Waals surface area contributed by atoms with Crippen molar-refractivity contribution in [2.45, 2.75) is 26.0 Å². The minimum absolute atomic E-state index is 0.258. The van der Waals surface area contributed by atoms with Crippen LogP contribution >= 0.6 is 0 Å². The second-order valence-electron chi connectivity index (χ2n) is 4.00. The third-order valence-corrected chi connectivity index (χ3v) is 2.56. The van der Waals surface area contributed by atoms with E-state index in [1.807, 2.05) is 18.4 Å². The van der Waals surface area contributed by atoms with E-state index in [2.05, 4.69) is 15.3 Å². The normalized spacial score (nSPS) is 13.3. The molecule has 0 spiro atoms. The number of aromatic nitrogens is 5. The molecule has 6 nitrogen and oxygen atoms in total. The number of rotatable bonds is 3. The largest absolute Gasteiger partial charge is 0.380 e. The van der Waals surface area contributed by atoms with Gasteiger partial charge in [-0.25, -0.2) is 9.67 Å². The average Bonchev–Trinajstić information content (AvgIpc) is 2.84. The van der Waals surface area contributed by atoms with Crippen molar-refractivity contribution in [1.29, 1.82) is 0 Å². The topological polar surface area (TPSA) is 68.8 Å². The Morgan fingerprint density at radius 2 is 2.00 bits per heavy atom. The van der Waals surface area contributed by atoms with E-state index >= 15 is 0 Å². The van der Waals surface area contributed by atoms with Crippen molar-refractivity contribution in [3.05, 3.63) is 30.1 Å². The van der Waals surface area contributed by atoms with Gasteiger partial charge >= 0.3 is 0 Å². The average molecular weight is 221 g/mol. The number of nitrogens with zero attached hydrogens (tertiary/aromatic N) is 5. The molecular weight excluding hydrogens is 206 g/mol. The maximum atomic E-state index is 10.2. The predicted octanol–water partition coefficient (Wildman–Crippen LogP) is 0.674. The summed E-state index contributed by atoms with van der Waals surface area (Å²) >= 11 is 0. The van der Waals surface area contributed by atoms with Crippen molar-refractivity contribution < 1.29 is 5.11 Å². The number of aliphatic hydroxyl groups excluding tert-OH is 1. The Morgan fingerprint density at radius 1 is 1.25 bits per heavy atom. The molecule has 0 saturated carbocycles. The van der Waals surface area contributed by atoms with Gasteiger partial charge in [-0.05, 0) is 13.8 Å². The lowest BCUT2D eigenvalue weighted by Gasteiger charge is -2.16. The first-order valence-electron chi connectivity index (χ1n) is 5.15. The van der Waals surface area contributed by atoms with Crippen LogP contribution in [-0.2, 0) is 7.05 Å². The van der Waals surface area contributed by atoms with Crippen LogP contribution in [0, 0.1) is 0 Å². The van der Waals surface area contributed by atoms with Crippen LogP contribution in [0.15, 0.2) is 18.7 Å². The zero-order valence-electron chi connectivity index (χ0n) is 9.57. The highest BCUT2D eigenvalue weighted by atomic mass is 16.3. The maximum Gasteiger partial charge on any atom is 0.139 e. The summed E-state index contributed by atoms with van der Waals surface area (Å²) in [6, 6.07) is 0.258. The van der Waals surface area contributed by atoms with Crippen LogP contribution in [0.2, 0.25) is 0 Å². The van der Waals surface area contributed by atoms with Gasteiger partial charge in [0.15, 0.2) is 0 Å². The van der Waals surface area contributed by atoms with E-state index in [-0.39, 0.29) is 6.04 Å². The molecule has 2 aromatic heterocycles. The van der Waals surface area contributed by atoms with Gasteiger partial charge in [0.2, 0.25) is 0 Å². The molecule has 0 radical (unpaired) electrons. The van der Waals surface area contributed by atoms with Gasteiger partial charge in [-0.3, -0.25) is 0 Å². The minimum Gasteiger partial charge on any atom is -0.380 e. The Hall–Kier alpha value is -1.69. The predicted molar refractivity (Wildman–Crippen MR) is 57.7 cm³/mol. The highest BCUT2D eigenvalue weighted by Crippen LogP contribution is 2.22. The number of hydrogen-bond acceptors (Lipinski definition) is 4. The van der Waals surface area contributed by atoms with E-state index < -0.39 is 6.10 Å². The molecule has 0 aliphatic rings. The van der Waals surface area contributed by atoms with Gasteiger partial charge in [0, 0.05) is 13.1 Å². The SMILES string of the molecule is CC(C)n1cncc1C(O)c1cnnn1C. The Morgan fingerprint density at radius 3 is 2.56 bits per heavy atom. The summed E-state index contributed by atoms with van der Waals surface area (Å²) in [6.07, 6.45) is 4.19. The fraction of sp³-hybridized carbons (Fsp3) is 0.500. The third kappa shape index (κ3) is 1.71. The maximum absolute atomic E-state index is 10.2. The lowest BCUT2D eigenvalue weighted by molar-refractivity contribution is 0.198. The molecule has 0 fully saturated rings. The van der Waals surface area contributed by atoms with E-state index in [4.69, 9.17) is 0 Å². The summed E-state index contributed by atoms with van der Waals surface area (Å²) in [7, 11) is 1.75. The Balaban J connectivity index is 2.38. The van der Waals surface area contributed by atoms with Gasteiger partial charge < -0.3 is 9.67 Å². The molecule has 86 valence electrons. The second kappa shape index (κ2) is 4.05. The van der Waals surface area contributed by atoms with Crippen LogP contribution in [0.4, 0.5) is 0 Å². The molecular formula is C10H15N5O. The van der Waals surface area contributed by atoms with Crippen molar-refractivity contribution in [2.24, 2.45) is 7.05 Å². The number of aliphatic hydroxyl groups is 1. The third-order valence-electron chi connectivity index (χ3n) is 2.56. The van der Waals surface area contributed by atoms with Gasteiger partial charge in [0.1, 0.15) is 6.10 Å². The van der Waals surface area contributed by atoms with Crippen LogP contribution in [0.25, 0.3) is 0 Å². The second-order valence-corrected chi connectivity index (χ2v) is 4.00. The fourth-order valence-electron chi connectivity index (χ4n) is 1.65. The molecule has 2 aromatic rings. The van der Waals surface area contributed by atoms with Crippen molar-refractivity contribution in [2.75, 3.05) is 0 Å². The number of aryl methyl sites for hydroxylation is 1. The molecule has 0 amide bonds. The van der Waals surface area contributed by atoms with Crippen LogP contribution in [0.3, 0.4) is 0 Å². The van der Waals surface area contributed by atoms with Gasteiger partial charge in [0.05, 0.1) is 30.1 Å². The fourth-order valence-corrected chi connectivity index (χ4v) is 1.65. The van der Waals surface area contributed by atoms with E-state index in [0.717, 1.165) is 5.69 Å². The highest BCUT2D eigenvalue weighted by molar-refractivity contribution is 5.16. The molecule has 0 aliphatic heterocycles. The molecule has 0 saturated heterocycles. The Bertz CT molecular complexity index is 473. The molecule has 2 heterocycles. The highest BCUT2D eigenvalue weighted by Gasteiger charge is 2.19. The summed E-state index contributed by atoms with van der Waals surface area (Å²) in [6.45, 7) is 4.08. The molecule has 0 bridgehead atoms. The van der Waals surface area contributed by atoms with Crippen molar-refractivity contribution in [3.63, 3.8) is 0 Å². The molecule has 1 atom stereocenters. The summed E-state index contributed by atoms with van der Waals surface area (Å²) in [5.41, 5.74) is 1.41. The zero-order chi connectivity index (χ0) is 11.7. The lowest BCUT2D eigenvalue weighted by atomic mass is 10.2. The van der Waals surface area contributed by atoms with Gasteiger partial charge in [0.25, 0.3) is 0 Å². The van der Waals surface area contributed by atoms with E-state index in [9.17, 15) is 5.11 Å². The molecule has 0 aromatic carbocycles. The molecule has 2 rings (SSSR count). The van der Waals surface area contributed by atoms with Crippen LogP contribution in [0.1, 0.15) is 37.4 Å². The van der Waals surface area contributed by atoms with Crippen LogP contribution < -0.4 is 0 Å². The quantitative estimate of drug-likeness (QED) is 0.827. The monoisotopic (exact) mass is 221 g/mol. The Labute approximate surface area is 93.5 Å². The standard InChI is InChI=1S/C10H15N5O/c1-7(2)15-6-11-4-9(15)10(16)8-5-12-13-14(8)3/h4-7,10,16H,1-3H3. The first kappa shape index (κ1) is 10.8.